The highest BCUT2D eigenvalue weighted by atomic mass is 16.4. The SMILES string of the molecule is NC(N)=NCCCC(N)C(=O)O.NC(N)=NCCCC(N)C(=O)O.NC(N)=NCCCC(N)C(=O)O.NC(N)=NCCCC(N)C(=O)O.NC(N)=NCCCC(N)C(=O)O.NC(N)=NCCCC(N)C(=O)O.NC(N)=NCCCC(N)C(=O)O. The van der Waals surface area contributed by atoms with Crippen molar-refractivity contribution in [1.82, 2.24) is 0 Å². The van der Waals surface area contributed by atoms with Crippen LogP contribution in [0.2, 0.25) is 0 Å². The molecule has 0 radical (unpaired) electrons. The van der Waals surface area contributed by atoms with Crippen LogP contribution in [0.3, 0.4) is 0 Å². The number of carbonyl (C=O) groups is 7. The maximum absolute atomic E-state index is 10.2. The van der Waals surface area contributed by atoms with Crippen molar-refractivity contribution in [2.75, 3.05) is 45.8 Å². The summed E-state index contributed by atoms with van der Waals surface area (Å²) < 4.78 is 0. The molecule has 490 valence electrons. The minimum atomic E-state index is -1.00. The number of aliphatic carboxylic acids is 7. The number of carboxylic acids is 7. The predicted molar refractivity (Wildman–Crippen MR) is 319 cm³/mol. The second-order valence-corrected chi connectivity index (χ2v) is 16.8. The molecule has 0 aromatic rings. The number of hydrogen-bond donors (Lipinski definition) is 28. The van der Waals surface area contributed by atoms with Crippen LogP contribution in [0.25, 0.3) is 0 Å². The zero-order valence-electron chi connectivity index (χ0n) is 47.1. The third-order valence-electron chi connectivity index (χ3n) is 8.99. The van der Waals surface area contributed by atoms with Gasteiger partial charge in [0.15, 0.2) is 41.7 Å². The largest absolute Gasteiger partial charge is 0.480 e. The summed E-state index contributed by atoms with van der Waals surface area (Å²) in [6.07, 6.45) is 6.69. The van der Waals surface area contributed by atoms with Crippen molar-refractivity contribution in [1.29, 1.82) is 0 Å². The Morgan fingerprint density at radius 3 is 0.357 bits per heavy atom. The average molecular weight is 1220 g/mol. The minimum Gasteiger partial charge on any atom is -0.480 e. The van der Waals surface area contributed by atoms with E-state index in [-0.39, 0.29) is 41.7 Å². The van der Waals surface area contributed by atoms with E-state index in [0.717, 1.165) is 0 Å². The Balaban J connectivity index is -0.000000165. The van der Waals surface area contributed by atoms with Gasteiger partial charge in [0.05, 0.1) is 0 Å². The van der Waals surface area contributed by atoms with Gasteiger partial charge in [-0.05, 0) is 89.9 Å². The van der Waals surface area contributed by atoms with Crippen LogP contribution in [-0.4, -0.2) is 207 Å². The molecule has 0 heterocycles. The van der Waals surface area contributed by atoms with Gasteiger partial charge in [0.1, 0.15) is 42.3 Å². The molecule has 0 aliphatic heterocycles. The molecule has 49 N–H and O–H groups in total. The Morgan fingerprint density at radius 1 is 0.214 bits per heavy atom. The van der Waals surface area contributed by atoms with E-state index in [0.29, 0.717) is 136 Å². The molecule has 0 fully saturated rings. The van der Waals surface area contributed by atoms with Gasteiger partial charge < -0.3 is 156 Å². The van der Waals surface area contributed by atoms with Crippen LogP contribution >= 0.6 is 0 Å². The zero-order valence-corrected chi connectivity index (χ0v) is 47.1. The summed E-state index contributed by atoms with van der Waals surface area (Å²) in [6, 6.07) is -5.74. The van der Waals surface area contributed by atoms with Gasteiger partial charge in [-0.2, -0.15) is 0 Å². The molecule has 7 atom stereocenters. The number of nitrogens with two attached hydrogens (primary N) is 21. The molecular weight excluding hydrogens is 1120 g/mol. The maximum atomic E-state index is 10.2. The van der Waals surface area contributed by atoms with Crippen LogP contribution in [0.1, 0.15) is 89.9 Å². The number of rotatable bonds is 35. The fourth-order valence-electron chi connectivity index (χ4n) is 4.50. The molecule has 42 heteroatoms. The number of aliphatic imine (C=N–C) groups is 7. The van der Waals surface area contributed by atoms with Gasteiger partial charge in [0.25, 0.3) is 0 Å². The first-order chi connectivity index (χ1) is 38.8. The topological polar surface area (TPSA) is 894 Å². The fourth-order valence-corrected chi connectivity index (χ4v) is 4.50. The smallest absolute Gasteiger partial charge is 0.320 e. The van der Waals surface area contributed by atoms with E-state index in [1.165, 1.54) is 0 Å². The molecule has 42 nitrogen and oxygen atoms in total. The van der Waals surface area contributed by atoms with Gasteiger partial charge in [-0.15, -0.1) is 0 Å². The van der Waals surface area contributed by atoms with E-state index in [1.807, 2.05) is 0 Å². The summed E-state index contributed by atoms with van der Waals surface area (Å²) >= 11 is 0. The van der Waals surface area contributed by atoms with Crippen LogP contribution < -0.4 is 120 Å². The summed E-state index contributed by atoms with van der Waals surface area (Å²) in [5, 5.41) is 58.7. The maximum Gasteiger partial charge on any atom is 0.320 e. The van der Waals surface area contributed by atoms with Crippen molar-refractivity contribution >= 4 is 83.5 Å². The van der Waals surface area contributed by atoms with Crippen molar-refractivity contribution in [2.45, 2.75) is 132 Å². The molecule has 0 saturated carbocycles. The normalized spacial score (nSPS) is 12.1. The lowest BCUT2D eigenvalue weighted by molar-refractivity contribution is -0.139. The van der Waals surface area contributed by atoms with E-state index in [9.17, 15) is 33.6 Å². The molecule has 0 amide bonds. The molecule has 0 bridgehead atoms. The first kappa shape index (κ1) is 88.7. The highest BCUT2D eigenvalue weighted by Crippen LogP contribution is 1.99. The van der Waals surface area contributed by atoms with Gasteiger partial charge in [-0.3, -0.25) is 68.5 Å². The Labute approximate surface area is 485 Å². The average Bonchev–Trinajstić information content (AvgIpc) is 3.38. The summed E-state index contributed by atoms with van der Waals surface area (Å²) in [7, 11) is 0. The number of guanidine groups is 7. The third kappa shape index (κ3) is 81.7. The lowest BCUT2D eigenvalue weighted by Gasteiger charge is -2.03. The quantitative estimate of drug-likeness (QED) is 0.0159. The molecule has 0 aromatic carbocycles. The molecule has 84 heavy (non-hydrogen) atoms. The Morgan fingerprint density at radius 2 is 0.298 bits per heavy atom. The van der Waals surface area contributed by atoms with Crippen LogP contribution in [-0.2, 0) is 33.6 Å². The highest BCUT2D eigenvalue weighted by Gasteiger charge is 2.14. The fraction of sp³-hybridized carbons (Fsp3) is 0.667. The van der Waals surface area contributed by atoms with Crippen molar-refractivity contribution in [3.8, 4) is 0 Å². The molecule has 0 aromatic heterocycles. The van der Waals surface area contributed by atoms with Gasteiger partial charge >= 0.3 is 41.8 Å². The Hall–Kier alpha value is -9.10. The van der Waals surface area contributed by atoms with Crippen LogP contribution in [0.15, 0.2) is 34.9 Å². The van der Waals surface area contributed by atoms with Crippen molar-refractivity contribution < 1.29 is 69.3 Å². The van der Waals surface area contributed by atoms with E-state index in [2.05, 4.69) is 34.9 Å². The molecule has 0 saturated heterocycles. The Kier molecular flexibility index (Phi) is 61.8. The second kappa shape index (κ2) is 58.6. The third-order valence-corrected chi connectivity index (χ3v) is 8.99. The Bertz CT molecular complexity index is 1630. The first-order valence-electron chi connectivity index (χ1n) is 25.0. The van der Waals surface area contributed by atoms with E-state index in [4.69, 9.17) is 156 Å². The molecule has 0 rings (SSSR count). The summed E-state index contributed by atoms with van der Waals surface area (Å²) in [5.74, 6) is -6.91. The second-order valence-electron chi connectivity index (χ2n) is 16.8. The number of nitrogens with zero attached hydrogens (tertiary/aromatic N) is 7. The van der Waals surface area contributed by atoms with E-state index < -0.39 is 84.1 Å². The van der Waals surface area contributed by atoms with Gasteiger partial charge in [-0.25, -0.2) is 0 Å². The zero-order chi connectivity index (χ0) is 66.9. The van der Waals surface area contributed by atoms with Crippen molar-refractivity contribution in [2.24, 2.45) is 155 Å². The minimum absolute atomic E-state index is 0.0129. The molecule has 0 spiro atoms. The number of hydrogen-bond acceptors (Lipinski definition) is 21. The van der Waals surface area contributed by atoms with Gasteiger partial charge in [0.2, 0.25) is 0 Å². The number of carboxylic acid groups (broad SMARTS) is 7. The van der Waals surface area contributed by atoms with Crippen molar-refractivity contribution in [3.05, 3.63) is 0 Å². The molecular formula is C42H98N28O14. The van der Waals surface area contributed by atoms with Gasteiger partial charge in [0, 0.05) is 45.8 Å². The first-order valence-corrected chi connectivity index (χ1v) is 25.0. The molecule has 0 aliphatic carbocycles. The lowest BCUT2D eigenvalue weighted by atomic mass is 10.2. The van der Waals surface area contributed by atoms with E-state index >= 15 is 0 Å². The molecule has 0 aliphatic rings. The summed E-state index contributed by atoms with van der Waals surface area (Å²) in [4.78, 5) is 97.3. The lowest BCUT2D eigenvalue weighted by Crippen LogP contribution is -2.30. The van der Waals surface area contributed by atoms with Crippen LogP contribution in [0, 0.1) is 0 Å². The van der Waals surface area contributed by atoms with Crippen LogP contribution in [0.5, 0.6) is 0 Å². The predicted octanol–water partition coefficient (Wildman–Crippen LogP) is -10.8. The summed E-state index contributed by atoms with van der Waals surface area (Å²) in [5.41, 5.74) is 107. The standard InChI is InChI=1S/7C6H14N4O2/c7*7-4(5(11)12)2-1-3-10-6(8)9/h7*4H,1-3,7H2,(H,11,12)(H4,8,9,10). The van der Waals surface area contributed by atoms with Crippen molar-refractivity contribution in [3.63, 3.8) is 0 Å². The summed E-state index contributed by atoms with van der Waals surface area (Å²) in [6.45, 7) is 2.94. The van der Waals surface area contributed by atoms with E-state index in [1.54, 1.807) is 0 Å². The van der Waals surface area contributed by atoms with Gasteiger partial charge in [-0.1, -0.05) is 0 Å². The molecule has 7 unspecified atom stereocenters. The monoisotopic (exact) mass is 1220 g/mol. The van der Waals surface area contributed by atoms with Crippen LogP contribution in [0.4, 0.5) is 0 Å². The highest BCUT2D eigenvalue weighted by molar-refractivity contribution is 5.79.